The van der Waals surface area contributed by atoms with Crippen LogP contribution in [0.5, 0.6) is 0 Å². The van der Waals surface area contributed by atoms with Crippen molar-refractivity contribution in [3.63, 3.8) is 0 Å². The van der Waals surface area contributed by atoms with Gasteiger partial charge >= 0.3 is 0 Å². The van der Waals surface area contributed by atoms with Gasteiger partial charge in [-0.25, -0.2) is 12.8 Å². The molecule has 0 spiro atoms. The lowest BCUT2D eigenvalue weighted by Crippen LogP contribution is -2.16. The predicted octanol–water partition coefficient (Wildman–Crippen LogP) is 5.53. The summed E-state index contributed by atoms with van der Waals surface area (Å²) >= 11 is 1.45. The third-order valence-corrected chi connectivity index (χ3v) is 7.81. The Morgan fingerprint density at radius 3 is 2.50 bits per heavy atom. The number of sulfonamides is 1. The van der Waals surface area contributed by atoms with E-state index in [-0.39, 0.29) is 16.1 Å². The summed E-state index contributed by atoms with van der Waals surface area (Å²) in [7, 11) is -3.93. The Hall–Kier alpha value is -3.30. The normalized spacial score (nSPS) is 12.4. The first-order valence-corrected chi connectivity index (χ1v) is 13.1. The summed E-state index contributed by atoms with van der Waals surface area (Å²) in [5, 5.41) is 0. The van der Waals surface area contributed by atoms with Gasteiger partial charge in [0.05, 0.1) is 15.1 Å². The maximum absolute atomic E-state index is 13.1. The minimum Gasteiger partial charge on any atom is -0.317 e. The first-order chi connectivity index (χ1) is 16.2. The van der Waals surface area contributed by atoms with Crippen molar-refractivity contribution < 1.29 is 17.6 Å². The molecule has 4 aromatic rings. The van der Waals surface area contributed by atoms with Gasteiger partial charge in [0.2, 0.25) is 0 Å². The summed E-state index contributed by atoms with van der Waals surface area (Å²) in [6, 6.07) is 16.9. The molecule has 0 unspecified atom stereocenters. The smallest absolute Gasteiger partial charge is 0.279 e. The number of benzene rings is 3. The first-order valence-electron chi connectivity index (χ1n) is 10.8. The zero-order chi connectivity index (χ0) is 24.5. The highest BCUT2D eigenvalue weighted by Crippen LogP contribution is 2.24. The standard InChI is InChI=1S/C25H24FN3O3S2/c1-4-29-22-13-8-17(16(2)3)15-23(22)33-25(29)27-24(30)18-6-5-7-20(14-18)28-34(31,32)21-11-9-19(26)10-12-21/h5-16,28H,4H2,1-3H3. The maximum Gasteiger partial charge on any atom is 0.279 e. The predicted molar refractivity (Wildman–Crippen MR) is 133 cm³/mol. The lowest BCUT2D eigenvalue weighted by atomic mass is 10.0. The van der Waals surface area contributed by atoms with Crippen LogP contribution in [-0.2, 0) is 16.6 Å². The lowest BCUT2D eigenvalue weighted by molar-refractivity contribution is 0.0998. The van der Waals surface area contributed by atoms with Crippen LogP contribution in [0, 0.1) is 5.82 Å². The van der Waals surface area contributed by atoms with E-state index in [1.165, 1.54) is 41.2 Å². The fourth-order valence-corrected chi connectivity index (χ4v) is 5.73. The van der Waals surface area contributed by atoms with E-state index in [2.05, 4.69) is 41.8 Å². The van der Waals surface area contributed by atoms with Crippen LogP contribution >= 0.6 is 11.3 Å². The molecule has 0 saturated carbocycles. The summed E-state index contributed by atoms with van der Waals surface area (Å²) in [5.41, 5.74) is 2.70. The number of carbonyl (C=O) groups excluding carboxylic acids is 1. The Labute approximate surface area is 201 Å². The van der Waals surface area contributed by atoms with Crippen LogP contribution in [-0.4, -0.2) is 18.9 Å². The summed E-state index contributed by atoms with van der Waals surface area (Å²) in [5.74, 6) is -0.607. The van der Waals surface area contributed by atoms with Crippen molar-refractivity contribution in [1.29, 1.82) is 0 Å². The van der Waals surface area contributed by atoms with Gasteiger partial charge in [0.1, 0.15) is 5.82 Å². The Bertz CT molecular complexity index is 1540. The molecule has 4 rings (SSSR count). The van der Waals surface area contributed by atoms with Crippen molar-refractivity contribution in [2.24, 2.45) is 4.99 Å². The van der Waals surface area contributed by atoms with Crippen LogP contribution in [0.15, 0.2) is 76.6 Å². The second kappa shape index (κ2) is 9.52. The van der Waals surface area contributed by atoms with E-state index in [0.717, 1.165) is 22.3 Å². The molecule has 0 aliphatic heterocycles. The van der Waals surface area contributed by atoms with Crippen LogP contribution in [0.2, 0.25) is 0 Å². The molecule has 3 aromatic carbocycles. The summed E-state index contributed by atoms with van der Waals surface area (Å²) in [4.78, 5) is 17.8. The third kappa shape index (κ3) is 4.95. The Morgan fingerprint density at radius 2 is 1.82 bits per heavy atom. The van der Waals surface area contributed by atoms with E-state index in [1.54, 1.807) is 12.1 Å². The number of carbonyl (C=O) groups is 1. The van der Waals surface area contributed by atoms with Gasteiger partial charge < -0.3 is 4.57 Å². The Kier molecular flexibility index (Phi) is 6.67. The number of fused-ring (bicyclic) bond motifs is 1. The van der Waals surface area contributed by atoms with E-state index < -0.39 is 21.7 Å². The van der Waals surface area contributed by atoms with Gasteiger partial charge in [0.25, 0.3) is 15.9 Å². The van der Waals surface area contributed by atoms with Gasteiger partial charge in [0, 0.05) is 17.8 Å². The fourth-order valence-electron chi connectivity index (χ4n) is 3.53. The average Bonchev–Trinajstić information content (AvgIpc) is 3.15. The maximum atomic E-state index is 13.1. The minimum atomic E-state index is -3.93. The molecule has 34 heavy (non-hydrogen) atoms. The third-order valence-electron chi connectivity index (χ3n) is 5.37. The van der Waals surface area contributed by atoms with Crippen LogP contribution in [0.1, 0.15) is 42.6 Å². The van der Waals surface area contributed by atoms with Crippen molar-refractivity contribution in [1.82, 2.24) is 4.57 Å². The number of aryl methyl sites for hydroxylation is 1. The number of anilines is 1. The molecule has 0 fully saturated rings. The molecule has 0 aliphatic carbocycles. The second-order valence-electron chi connectivity index (χ2n) is 8.07. The van der Waals surface area contributed by atoms with Crippen LogP contribution < -0.4 is 9.52 Å². The number of rotatable bonds is 6. The summed E-state index contributed by atoms with van der Waals surface area (Å²) in [6.07, 6.45) is 0. The number of hydrogen-bond donors (Lipinski definition) is 1. The zero-order valence-corrected chi connectivity index (χ0v) is 20.6. The molecule has 176 valence electrons. The monoisotopic (exact) mass is 497 g/mol. The second-order valence-corrected chi connectivity index (χ2v) is 10.8. The topological polar surface area (TPSA) is 80.5 Å². The van der Waals surface area contributed by atoms with Crippen LogP contribution in [0.25, 0.3) is 10.2 Å². The molecule has 0 saturated heterocycles. The van der Waals surface area contributed by atoms with Crippen molar-refractivity contribution in [2.45, 2.75) is 38.1 Å². The van der Waals surface area contributed by atoms with E-state index >= 15 is 0 Å². The molecule has 0 radical (unpaired) electrons. The molecule has 9 heteroatoms. The van der Waals surface area contributed by atoms with Gasteiger partial charge in [-0.15, -0.1) is 0 Å². The van der Waals surface area contributed by atoms with Crippen molar-refractivity contribution >= 4 is 43.2 Å². The summed E-state index contributed by atoms with van der Waals surface area (Å²) in [6.45, 7) is 6.92. The number of amides is 1. The Balaban J connectivity index is 1.66. The minimum absolute atomic E-state index is 0.0784. The molecule has 0 atom stereocenters. The van der Waals surface area contributed by atoms with E-state index in [9.17, 15) is 17.6 Å². The van der Waals surface area contributed by atoms with Crippen LogP contribution in [0.4, 0.5) is 10.1 Å². The highest BCUT2D eigenvalue weighted by atomic mass is 32.2. The van der Waals surface area contributed by atoms with E-state index in [4.69, 9.17) is 0 Å². The SMILES string of the molecule is CCn1c(=NC(=O)c2cccc(NS(=O)(=O)c3ccc(F)cc3)c2)sc2cc(C(C)C)ccc21. The molecular formula is C25H24FN3O3S2. The molecule has 1 amide bonds. The molecule has 0 bridgehead atoms. The lowest BCUT2D eigenvalue weighted by Gasteiger charge is -2.09. The zero-order valence-electron chi connectivity index (χ0n) is 18.9. The van der Waals surface area contributed by atoms with Gasteiger partial charge in [-0.1, -0.05) is 37.3 Å². The van der Waals surface area contributed by atoms with Gasteiger partial charge in [0.15, 0.2) is 4.80 Å². The molecule has 1 aromatic heterocycles. The number of nitrogens with zero attached hydrogens (tertiary/aromatic N) is 2. The number of hydrogen-bond acceptors (Lipinski definition) is 4. The van der Waals surface area contributed by atoms with Crippen LogP contribution in [0.3, 0.4) is 0 Å². The van der Waals surface area contributed by atoms with Crippen molar-refractivity contribution in [3.05, 3.63) is 88.5 Å². The number of thiazole rings is 1. The molecule has 1 heterocycles. The van der Waals surface area contributed by atoms with E-state index in [0.29, 0.717) is 17.3 Å². The van der Waals surface area contributed by atoms with Crippen molar-refractivity contribution in [2.75, 3.05) is 4.72 Å². The summed E-state index contributed by atoms with van der Waals surface area (Å²) < 4.78 is 43.8. The van der Waals surface area contributed by atoms with E-state index in [1.807, 2.05) is 11.5 Å². The largest absolute Gasteiger partial charge is 0.317 e. The first kappa shape index (κ1) is 23.8. The molecular weight excluding hydrogens is 473 g/mol. The number of halogens is 1. The quantitative estimate of drug-likeness (QED) is 0.381. The Morgan fingerprint density at radius 1 is 1.09 bits per heavy atom. The molecule has 6 nitrogen and oxygen atoms in total. The number of aromatic nitrogens is 1. The highest BCUT2D eigenvalue weighted by Gasteiger charge is 2.16. The highest BCUT2D eigenvalue weighted by molar-refractivity contribution is 7.92. The van der Waals surface area contributed by atoms with Gasteiger partial charge in [-0.3, -0.25) is 9.52 Å². The molecule has 0 aliphatic rings. The number of nitrogens with one attached hydrogen (secondary N) is 1. The average molecular weight is 498 g/mol. The van der Waals surface area contributed by atoms with Gasteiger partial charge in [-0.2, -0.15) is 4.99 Å². The van der Waals surface area contributed by atoms with Gasteiger partial charge in [-0.05, 0) is 73.0 Å². The fraction of sp³-hybridized carbons (Fsp3) is 0.200. The van der Waals surface area contributed by atoms with Crippen molar-refractivity contribution in [3.8, 4) is 0 Å². The molecule has 1 N–H and O–H groups in total.